The van der Waals surface area contributed by atoms with Gasteiger partial charge in [-0.25, -0.2) is 0 Å². The number of carboxylic acid groups (broad SMARTS) is 1. The SMILES string of the molecule is COC(C)(CCC(=O)O)C(N)c1ccccc1. The second-order valence-electron chi connectivity index (χ2n) is 4.30. The van der Waals surface area contributed by atoms with Crippen molar-refractivity contribution in [3.8, 4) is 0 Å². The zero-order chi connectivity index (χ0) is 12.9. The number of nitrogens with two attached hydrogens (primary N) is 1. The summed E-state index contributed by atoms with van der Waals surface area (Å²) in [6.07, 6.45) is 0.430. The van der Waals surface area contributed by atoms with Gasteiger partial charge in [-0.3, -0.25) is 4.79 Å². The minimum atomic E-state index is -0.839. The zero-order valence-corrected chi connectivity index (χ0v) is 10.2. The third-order valence-electron chi connectivity index (χ3n) is 3.12. The second kappa shape index (κ2) is 5.80. The van der Waals surface area contributed by atoms with Gasteiger partial charge < -0.3 is 15.6 Å². The maximum Gasteiger partial charge on any atom is 0.303 e. The van der Waals surface area contributed by atoms with Crippen LogP contribution in [0.25, 0.3) is 0 Å². The standard InChI is InChI=1S/C13H19NO3/c1-13(17-2,9-8-11(15)16)12(14)10-6-4-3-5-7-10/h3-7,12H,8-9,14H2,1-2H3,(H,15,16). The maximum atomic E-state index is 10.6. The Bertz CT molecular complexity index is 366. The molecule has 4 nitrogen and oxygen atoms in total. The number of hydrogen-bond acceptors (Lipinski definition) is 3. The van der Waals surface area contributed by atoms with Crippen LogP contribution in [0, 0.1) is 0 Å². The van der Waals surface area contributed by atoms with E-state index in [0.29, 0.717) is 6.42 Å². The summed E-state index contributed by atoms with van der Waals surface area (Å²) in [5.74, 6) is -0.839. The molecule has 0 aliphatic rings. The molecule has 0 amide bonds. The molecule has 0 aliphatic carbocycles. The van der Waals surface area contributed by atoms with Gasteiger partial charge in [-0.2, -0.15) is 0 Å². The molecule has 2 atom stereocenters. The van der Waals surface area contributed by atoms with Crippen LogP contribution >= 0.6 is 0 Å². The molecule has 17 heavy (non-hydrogen) atoms. The lowest BCUT2D eigenvalue weighted by Crippen LogP contribution is -2.40. The average molecular weight is 237 g/mol. The highest BCUT2D eigenvalue weighted by atomic mass is 16.5. The van der Waals surface area contributed by atoms with Crippen LogP contribution in [0.4, 0.5) is 0 Å². The molecule has 0 saturated carbocycles. The van der Waals surface area contributed by atoms with Crippen molar-refractivity contribution < 1.29 is 14.6 Å². The van der Waals surface area contributed by atoms with Crippen molar-refractivity contribution in [3.63, 3.8) is 0 Å². The Kier molecular flexibility index (Phi) is 4.66. The minimum absolute atomic E-state index is 0.0465. The largest absolute Gasteiger partial charge is 0.481 e. The van der Waals surface area contributed by atoms with Crippen molar-refractivity contribution in [2.45, 2.75) is 31.4 Å². The van der Waals surface area contributed by atoms with Crippen molar-refractivity contribution >= 4 is 5.97 Å². The van der Waals surface area contributed by atoms with Crippen molar-refractivity contribution in [1.29, 1.82) is 0 Å². The van der Waals surface area contributed by atoms with Crippen molar-refractivity contribution in [2.24, 2.45) is 5.73 Å². The molecular formula is C13H19NO3. The highest BCUT2D eigenvalue weighted by Crippen LogP contribution is 2.30. The third kappa shape index (κ3) is 3.54. The molecule has 0 bridgehead atoms. The molecule has 2 unspecified atom stereocenters. The molecule has 4 heteroatoms. The Hall–Kier alpha value is -1.39. The number of carbonyl (C=O) groups is 1. The zero-order valence-electron chi connectivity index (χ0n) is 10.2. The Labute approximate surface area is 101 Å². The first-order chi connectivity index (χ1) is 7.99. The molecule has 1 rings (SSSR count). The number of ether oxygens (including phenoxy) is 1. The van der Waals surface area contributed by atoms with Crippen LogP contribution in [0.1, 0.15) is 31.4 Å². The number of rotatable bonds is 6. The molecule has 0 radical (unpaired) electrons. The minimum Gasteiger partial charge on any atom is -0.481 e. The molecule has 0 fully saturated rings. The van der Waals surface area contributed by atoms with Gasteiger partial charge in [0.2, 0.25) is 0 Å². The lowest BCUT2D eigenvalue weighted by molar-refractivity contribution is -0.139. The topological polar surface area (TPSA) is 72.5 Å². The quantitative estimate of drug-likeness (QED) is 0.793. The van der Waals surface area contributed by atoms with Crippen LogP contribution in [0.15, 0.2) is 30.3 Å². The van der Waals surface area contributed by atoms with Crippen molar-refractivity contribution in [3.05, 3.63) is 35.9 Å². The fraction of sp³-hybridized carbons (Fsp3) is 0.462. The first-order valence-corrected chi connectivity index (χ1v) is 5.57. The van der Waals surface area contributed by atoms with Crippen LogP contribution in [-0.2, 0) is 9.53 Å². The number of carboxylic acids is 1. The van der Waals surface area contributed by atoms with Gasteiger partial charge in [-0.05, 0) is 18.9 Å². The van der Waals surface area contributed by atoms with E-state index in [4.69, 9.17) is 15.6 Å². The summed E-state index contributed by atoms with van der Waals surface area (Å²) in [5, 5.41) is 8.73. The van der Waals surface area contributed by atoms with E-state index in [-0.39, 0.29) is 12.5 Å². The predicted molar refractivity (Wildman–Crippen MR) is 65.7 cm³/mol. The van der Waals surface area contributed by atoms with Crippen LogP contribution in [-0.4, -0.2) is 23.8 Å². The summed E-state index contributed by atoms with van der Waals surface area (Å²) < 4.78 is 5.42. The van der Waals surface area contributed by atoms with Crippen LogP contribution in [0.3, 0.4) is 0 Å². The van der Waals surface area contributed by atoms with E-state index in [1.165, 1.54) is 0 Å². The molecule has 0 saturated heterocycles. The van der Waals surface area contributed by atoms with Gasteiger partial charge in [0.15, 0.2) is 0 Å². The van der Waals surface area contributed by atoms with Crippen LogP contribution < -0.4 is 5.73 Å². The molecule has 0 aromatic heterocycles. The summed E-state index contributed by atoms with van der Waals surface area (Å²) >= 11 is 0. The fourth-order valence-electron chi connectivity index (χ4n) is 1.75. The summed E-state index contributed by atoms with van der Waals surface area (Å²) in [6.45, 7) is 1.84. The number of aliphatic carboxylic acids is 1. The lowest BCUT2D eigenvalue weighted by atomic mass is 9.87. The number of benzene rings is 1. The monoisotopic (exact) mass is 237 g/mol. The van der Waals surface area contributed by atoms with E-state index < -0.39 is 11.6 Å². The summed E-state index contributed by atoms with van der Waals surface area (Å²) in [5.41, 5.74) is 6.43. The highest BCUT2D eigenvalue weighted by Gasteiger charge is 2.33. The van der Waals surface area contributed by atoms with Crippen molar-refractivity contribution in [2.75, 3.05) is 7.11 Å². The second-order valence-corrected chi connectivity index (χ2v) is 4.30. The van der Waals surface area contributed by atoms with E-state index in [1.807, 2.05) is 37.3 Å². The van der Waals surface area contributed by atoms with Crippen LogP contribution in [0.5, 0.6) is 0 Å². The summed E-state index contributed by atoms with van der Waals surface area (Å²) in [7, 11) is 1.56. The maximum absolute atomic E-state index is 10.6. The Balaban J connectivity index is 2.82. The first kappa shape index (κ1) is 13.7. The van der Waals surface area contributed by atoms with Gasteiger partial charge in [-0.1, -0.05) is 30.3 Å². The summed E-state index contributed by atoms with van der Waals surface area (Å²) in [6, 6.07) is 9.22. The van der Waals surface area contributed by atoms with Crippen LogP contribution in [0.2, 0.25) is 0 Å². The fourth-order valence-corrected chi connectivity index (χ4v) is 1.75. The van der Waals surface area contributed by atoms with Crippen molar-refractivity contribution in [1.82, 2.24) is 0 Å². The van der Waals surface area contributed by atoms with E-state index in [1.54, 1.807) is 7.11 Å². The van der Waals surface area contributed by atoms with Gasteiger partial charge >= 0.3 is 5.97 Å². The summed E-state index contributed by atoms with van der Waals surface area (Å²) in [4.78, 5) is 10.6. The molecule has 94 valence electrons. The number of hydrogen-bond donors (Lipinski definition) is 2. The van der Waals surface area contributed by atoms with Gasteiger partial charge in [0.25, 0.3) is 0 Å². The molecule has 0 aliphatic heterocycles. The van der Waals surface area contributed by atoms with E-state index in [9.17, 15) is 4.79 Å². The normalized spacial score (nSPS) is 16.2. The van der Waals surface area contributed by atoms with E-state index in [0.717, 1.165) is 5.56 Å². The van der Waals surface area contributed by atoms with Gasteiger partial charge in [-0.15, -0.1) is 0 Å². The lowest BCUT2D eigenvalue weighted by Gasteiger charge is -2.34. The van der Waals surface area contributed by atoms with E-state index in [2.05, 4.69) is 0 Å². The number of methoxy groups -OCH3 is 1. The predicted octanol–water partition coefficient (Wildman–Crippen LogP) is 1.96. The molecule has 1 aromatic rings. The molecule has 3 N–H and O–H groups in total. The smallest absolute Gasteiger partial charge is 0.303 e. The van der Waals surface area contributed by atoms with Gasteiger partial charge in [0.1, 0.15) is 0 Å². The molecule has 1 aromatic carbocycles. The van der Waals surface area contributed by atoms with E-state index >= 15 is 0 Å². The Morgan fingerprint density at radius 2 is 2.06 bits per heavy atom. The van der Waals surface area contributed by atoms with Gasteiger partial charge in [0, 0.05) is 13.5 Å². The average Bonchev–Trinajstić information content (AvgIpc) is 2.36. The third-order valence-corrected chi connectivity index (χ3v) is 3.12. The molecule has 0 heterocycles. The Morgan fingerprint density at radius 1 is 1.47 bits per heavy atom. The highest BCUT2D eigenvalue weighted by molar-refractivity contribution is 5.66. The van der Waals surface area contributed by atoms with Gasteiger partial charge in [0.05, 0.1) is 11.6 Å². The molecule has 0 spiro atoms. The Morgan fingerprint density at radius 3 is 2.53 bits per heavy atom. The molecular weight excluding hydrogens is 218 g/mol. The first-order valence-electron chi connectivity index (χ1n) is 5.57.